The predicted molar refractivity (Wildman–Crippen MR) is 138 cm³/mol. The van der Waals surface area contributed by atoms with Gasteiger partial charge in [-0.1, -0.05) is 121 Å². The van der Waals surface area contributed by atoms with Gasteiger partial charge in [-0.25, -0.2) is 0 Å². The monoisotopic (exact) mass is 446 g/mol. The van der Waals surface area contributed by atoms with Gasteiger partial charge in [0.25, 0.3) is 0 Å². The molecular weight excluding hydrogens is 416 g/mol. The van der Waals surface area contributed by atoms with Crippen LogP contribution in [0.25, 0.3) is 0 Å². The van der Waals surface area contributed by atoms with E-state index in [0.717, 1.165) is 22.3 Å². The van der Waals surface area contributed by atoms with Crippen molar-refractivity contribution in [3.8, 4) is 0 Å². The maximum absolute atomic E-state index is 13.3. The van der Waals surface area contributed by atoms with Gasteiger partial charge in [0.15, 0.2) is 0 Å². The number of ketones is 2. The van der Waals surface area contributed by atoms with Crippen LogP contribution < -0.4 is 0 Å². The van der Waals surface area contributed by atoms with Crippen molar-refractivity contribution < 1.29 is 9.59 Å². The molecule has 4 rings (SSSR count). The molecule has 0 N–H and O–H groups in total. The minimum Gasteiger partial charge on any atom is -0.299 e. The molecular formula is C32H30O2. The quantitative estimate of drug-likeness (QED) is 0.270. The molecule has 0 spiro atoms. The lowest BCUT2D eigenvalue weighted by Crippen LogP contribution is -2.30. The molecule has 0 saturated carbocycles. The second-order valence-electron chi connectivity index (χ2n) is 8.87. The first-order valence-electron chi connectivity index (χ1n) is 11.8. The Morgan fingerprint density at radius 1 is 0.412 bits per heavy atom. The lowest BCUT2D eigenvalue weighted by atomic mass is 9.64. The normalized spacial score (nSPS) is 14.5. The second-order valence-corrected chi connectivity index (χ2v) is 8.87. The molecule has 2 heteroatoms. The van der Waals surface area contributed by atoms with Gasteiger partial charge in [0.05, 0.1) is 0 Å². The third kappa shape index (κ3) is 5.07. The smallest absolute Gasteiger partial charge is 0.137 e. The van der Waals surface area contributed by atoms with Crippen molar-refractivity contribution in [1.82, 2.24) is 0 Å². The zero-order valence-corrected chi connectivity index (χ0v) is 19.7. The first kappa shape index (κ1) is 23.4. The fourth-order valence-corrected chi connectivity index (χ4v) is 5.28. The van der Waals surface area contributed by atoms with Crippen molar-refractivity contribution >= 4 is 11.6 Å². The van der Waals surface area contributed by atoms with Crippen LogP contribution in [0.15, 0.2) is 121 Å². The average molecular weight is 447 g/mol. The van der Waals surface area contributed by atoms with Crippen molar-refractivity contribution in [3.63, 3.8) is 0 Å². The van der Waals surface area contributed by atoms with Crippen molar-refractivity contribution in [2.24, 2.45) is 0 Å². The number of carbonyl (C=O) groups is 2. The molecule has 0 amide bonds. The molecule has 0 radical (unpaired) electrons. The fraction of sp³-hybridized carbons (Fsp3) is 0.188. The molecule has 4 unspecified atom stereocenters. The molecule has 0 aliphatic heterocycles. The molecule has 0 aromatic heterocycles. The summed E-state index contributed by atoms with van der Waals surface area (Å²) >= 11 is 0. The standard InChI is InChI=1S/C32H30O2/c1-23(33)29(25-15-7-3-8-16-25)31(27-19-11-5-12-20-27)32(28-21-13-6-14-22-28)30(24(2)34)26-17-9-4-10-18-26/h3-22,29-32H,1-2H3. The molecule has 0 aliphatic carbocycles. The topological polar surface area (TPSA) is 34.1 Å². The van der Waals surface area contributed by atoms with Crippen molar-refractivity contribution in [2.45, 2.75) is 37.5 Å². The van der Waals surface area contributed by atoms with Crippen molar-refractivity contribution in [1.29, 1.82) is 0 Å². The van der Waals surface area contributed by atoms with E-state index in [4.69, 9.17) is 0 Å². The minimum absolute atomic E-state index is 0.0938. The van der Waals surface area contributed by atoms with E-state index in [1.165, 1.54) is 0 Å². The third-order valence-electron chi connectivity index (χ3n) is 6.67. The van der Waals surface area contributed by atoms with Gasteiger partial charge in [-0.3, -0.25) is 9.59 Å². The van der Waals surface area contributed by atoms with E-state index >= 15 is 0 Å². The Balaban J connectivity index is 2.01. The first-order valence-corrected chi connectivity index (χ1v) is 11.8. The van der Waals surface area contributed by atoms with Gasteiger partial charge in [-0.05, 0) is 36.1 Å². The highest BCUT2D eigenvalue weighted by atomic mass is 16.1. The Kier molecular flexibility index (Phi) is 7.49. The summed E-state index contributed by atoms with van der Waals surface area (Å²) in [6, 6.07) is 40.3. The van der Waals surface area contributed by atoms with Gasteiger partial charge in [-0.15, -0.1) is 0 Å². The number of hydrogen-bond acceptors (Lipinski definition) is 2. The van der Waals surface area contributed by atoms with Gasteiger partial charge in [-0.2, -0.15) is 0 Å². The number of rotatable bonds is 9. The van der Waals surface area contributed by atoms with Crippen molar-refractivity contribution in [3.05, 3.63) is 144 Å². The Labute approximate surface area is 202 Å². The number of hydrogen-bond donors (Lipinski definition) is 0. The summed E-state index contributed by atoms with van der Waals surface area (Å²) < 4.78 is 0. The van der Waals surface area contributed by atoms with Gasteiger partial charge < -0.3 is 0 Å². The van der Waals surface area contributed by atoms with E-state index < -0.39 is 0 Å². The van der Waals surface area contributed by atoms with Crippen molar-refractivity contribution in [2.75, 3.05) is 0 Å². The molecule has 0 bridgehead atoms. The summed E-state index contributed by atoms with van der Waals surface area (Å²) in [6.45, 7) is 3.34. The molecule has 0 heterocycles. The highest BCUT2D eigenvalue weighted by molar-refractivity contribution is 5.87. The van der Waals surface area contributed by atoms with E-state index in [2.05, 4.69) is 24.3 Å². The van der Waals surface area contributed by atoms with Crippen LogP contribution in [0.5, 0.6) is 0 Å². The van der Waals surface area contributed by atoms with E-state index in [1.807, 2.05) is 97.1 Å². The summed E-state index contributed by atoms with van der Waals surface area (Å²) in [5.41, 5.74) is 4.06. The Bertz CT molecular complexity index is 1100. The highest BCUT2D eigenvalue weighted by Gasteiger charge is 2.41. The van der Waals surface area contributed by atoms with Crippen LogP contribution in [0.4, 0.5) is 0 Å². The van der Waals surface area contributed by atoms with E-state index in [-0.39, 0.29) is 35.2 Å². The average Bonchev–Trinajstić information content (AvgIpc) is 2.87. The first-order chi connectivity index (χ1) is 16.6. The molecule has 0 saturated heterocycles. The Morgan fingerprint density at radius 2 is 0.647 bits per heavy atom. The lowest BCUT2D eigenvalue weighted by molar-refractivity contribution is -0.121. The van der Waals surface area contributed by atoms with Gasteiger partial charge in [0.2, 0.25) is 0 Å². The highest BCUT2D eigenvalue weighted by Crippen LogP contribution is 2.50. The summed E-state index contributed by atoms with van der Waals surface area (Å²) in [7, 11) is 0. The zero-order valence-electron chi connectivity index (χ0n) is 19.7. The summed E-state index contributed by atoms with van der Waals surface area (Å²) in [4.78, 5) is 26.7. The summed E-state index contributed by atoms with van der Waals surface area (Å²) in [6.07, 6.45) is 0. The number of carbonyl (C=O) groups excluding carboxylic acids is 2. The molecule has 0 aliphatic rings. The summed E-state index contributed by atoms with van der Waals surface area (Å²) in [5.74, 6) is -1.04. The Morgan fingerprint density at radius 3 is 0.882 bits per heavy atom. The molecule has 170 valence electrons. The van der Waals surface area contributed by atoms with Gasteiger partial charge >= 0.3 is 0 Å². The van der Waals surface area contributed by atoms with E-state index in [1.54, 1.807) is 13.8 Å². The van der Waals surface area contributed by atoms with Crippen LogP contribution in [-0.2, 0) is 9.59 Å². The van der Waals surface area contributed by atoms with Crippen LogP contribution in [0.1, 0.15) is 59.8 Å². The molecule has 0 fully saturated rings. The largest absolute Gasteiger partial charge is 0.299 e. The van der Waals surface area contributed by atoms with Gasteiger partial charge in [0.1, 0.15) is 11.6 Å². The molecule has 2 nitrogen and oxygen atoms in total. The lowest BCUT2D eigenvalue weighted by Gasteiger charge is -2.38. The van der Waals surface area contributed by atoms with Crippen LogP contribution in [-0.4, -0.2) is 11.6 Å². The van der Waals surface area contributed by atoms with Crippen LogP contribution >= 0.6 is 0 Å². The van der Waals surface area contributed by atoms with Crippen LogP contribution in [0, 0.1) is 0 Å². The molecule has 34 heavy (non-hydrogen) atoms. The minimum atomic E-state index is -0.389. The zero-order chi connectivity index (χ0) is 23.9. The fourth-order valence-electron chi connectivity index (χ4n) is 5.28. The molecule has 4 atom stereocenters. The number of Topliss-reactive ketones (excluding diaryl/α,β-unsaturated/α-hetero) is 2. The maximum Gasteiger partial charge on any atom is 0.137 e. The number of benzene rings is 4. The second kappa shape index (κ2) is 10.9. The maximum atomic E-state index is 13.3. The van der Waals surface area contributed by atoms with Crippen LogP contribution in [0.2, 0.25) is 0 Å². The molecule has 4 aromatic carbocycles. The summed E-state index contributed by atoms with van der Waals surface area (Å²) in [5, 5.41) is 0. The molecule has 4 aromatic rings. The predicted octanol–water partition coefficient (Wildman–Crippen LogP) is 7.30. The SMILES string of the molecule is CC(=O)C(c1ccccc1)C(c1ccccc1)C(c1ccccc1)C(C(C)=O)c1ccccc1. The van der Waals surface area contributed by atoms with Crippen LogP contribution in [0.3, 0.4) is 0 Å². The Hall–Kier alpha value is -3.78. The van der Waals surface area contributed by atoms with E-state index in [0.29, 0.717) is 0 Å². The third-order valence-corrected chi connectivity index (χ3v) is 6.67. The van der Waals surface area contributed by atoms with E-state index in [9.17, 15) is 9.59 Å². The van der Waals surface area contributed by atoms with Gasteiger partial charge in [0, 0.05) is 23.7 Å².